The van der Waals surface area contributed by atoms with Crippen LogP contribution in [-0.4, -0.2) is 51.8 Å². The molecule has 1 aromatic carbocycles. The van der Waals surface area contributed by atoms with Gasteiger partial charge in [0, 0.05) is 36.8 Å². The minimum absolute atomic E-state index is 0.0427. The number of nitrogens with zero attached hydrogens (tertiary/aromatic N) is 3. The number of rotatable bonds is 3. The van der Waals surface area contributed by atoms with Crippen LogP contribution in [0.4, 0.5) is 0 Å². The van der Waals surface area contributed by atoms with Gasteiger partial charge in [-0.25, -0.2) is 0 Å². The molecule has 2 amide bonds. The molecule has 1 aliphatic carbocycles. The Balaban J connectivity index is 1.15. The number of amides is 2. The first-order valence-electron chi connectivity index (χ1n) is 10.7. The minimum atomic E-state index is 0.0427. The third-order valence-corrected chi connectivity index (χ3v) is 8.45. The molecule has 0 spiro atoms. The fourth-order valence-electron chi connectivity index (χ4n) is 5.39. The van der Waals surface area contributed by atoms with Crippen molar-refractivity contribution in [2.24, 2.45) is 5.92 Å². The molecule has 0 N–H and O–H groups in total. The highest BCUT2D eigenvalue weighted by molar-refractivity contribution is 7.20. The Morgan fingerprint density at radius 2 is 1.87 bits per heavy atom. The molecule has 2 saturated heterocycles. The van der Waals surface area contributed by atoms with Crippen molar-refractivity contribution in [2.45, 2.75) is 37.8 Å². The average molecular weight is 452 g/mol. The van der Waals surface area contributed by atoms with Crippen molar-refractivity contribution in [1.82, 2.24) is 14.8 Å². The van der Waals surface area contributed by atoms with Gasteiger partial charge >= 0.3 is 0 Å². The van der Waals surface area contributed by atoms with Gasteiger partial charge in [-0.05, 0) is 42.9 Å². The lowest BCUT2D eigenvalue weighted by Gasteiger charge is -2.34. The number of aromatic nitrogens is 1. The van der Waals surface area contributed by atoms with Gasteiger partial charge in [0.15, 0.2) is 0 Å². The molecule has 7 heteroatoms. The van der Waals surface area contributed by atoms with E-state index < -0.39 is 0 Å². The van der Waals surface area contributed by atoms with Gasteiger partial charge in [-0.3, -0.25) is 14.6 Å². The summed E-state index contributed by atoms with van der Waals surface area (Å²) in [5, 5.41) is 1.45. The van der Waals surface area contributed by atoms with E-state index in [2.05, 4.69) is 30.1 Å². The van der Waals surface area contributed by atoms with E-state index in [4.69, 9.17) is 11.6 Å². The van der Waals surface area contributed by atoms with Crippen molar-refractivity contribution in [3.05, 3.63) is 63.8 Å². The molecule has 31 heavy (non-hydrogen) atoms. The molecular weight excluding hydrogens is 430 g/mol. The third kappa shape index (κ3) is 3.07. The Morgan fingerprint density at radius 3 is 2.61 bits per heavy atom. The van der Waals surface area contributed by atoms with Gasteiger partial charge in [0.25, 0.3) is 5.91 Å². The Kier molecular flexibility index (Phi) is 4.37. The molecule has 2 aromatic heterocycles. The van der Waals surface area contributed by atoms with Crippen LogP contribution in [0.5, 0.6) is 0 Å². The quantitative estimate of drug-likeness (QED) is 0.589. The number of pyridine rings is 1. The van der Waals surface area contributed by atoms with Crippen LogP contribution in [-0.2, 0) is 4.79 Å². The first-order valence-corrected chi connectivity index (χ1v) is 11.9. The Bertz CT molecular complexity index is 1220. The number of fused-ring (bicyclic) bond motifs is 3. The summed E-state index contributed by atoms with van der Waals surface area (Å²) >= 11 is 7.66. The van der Waals surface area contributed by atoms with Gasteiger partial charge in [0.1, 0.15) is 0 Å². The highest BCUT2D eigenvalue weighted by Crippen LogP contribution is 2.50. The van der Waals surface area contributed by atoms with Crippen molar-refractivity contribution in [3.63, 3.8) is 0 Å². The van der Waals surface area contributed by atoms with Crippen LogP contribution in [0, 0.1) is 12.8 Å². The van der Waals surface area contributed by atoms with E-state index in [0.29, 0.717) is 28.9 Å². The smallest absolute Gasteiger partial charge is 0.264 e. The lowest BCUT2D eigenvalue weighted by atomic mass is 10.0. The maximum atomic E-state index is 13.2. The van der Waals surface area contributed by atoms with Gasteiger partial charge in [0.05, 0.1) is 26.7 Å². The number of benzene rings is 1. The summed E-state index contributed by atoms with van der Waals surface area (Å²) in [7, 11) is 0. The van der Waals surface area contributed by atoms with Crippen molar-refractivity contribution in [1.29, 1.82) is 0 Å². The molecule has 2 bridgehead atoms. The SMILES string of the molecule is Cc1ccccc1[C@@H]1C[C@H]1C(=O)N1C[C@@H]2C[C@H]1CN2C(=O)c1cc2c(Cl)cncc2s1. The molecule has 4 heterocycles. The van der Waals surface area contributed by atoms with Gasteiger partial charge in [-0.1, -0.05) is 35.9 Å². The van der Waals surface area contributed by atoms with Crippen LogP contribution < -0.4 is 0 Å². The second-order valence-corrected chi connectivity index (χ2v) is 10.4. The number of thiophene rings is 1. The molecule has 0 unspecified atom stereocenters. The summed E-state index contributed by atoms with van der Waals surface area (Å²) in [5.74, 6) is 0.762. The lowest BCUT2D eigenvalue weighted by molar-refractivity contribution is -0.134. The second-order valence-electron chi connectivity index (χ2n) is 8.94. The molecule has 3 fully saturated rings. The predicted molar refractivity (Wildman–Crippen MR) is 122 cm³/mol. The summed E-state index contributed by atoms with van der Waals surface area (Å²) in [5.41, 5.74) is 2.57. The van der Waals surface area contributed by atoms with Crippen LogP contribution in [0.25, 0.3) is 10.1 Å². The number of hydrogen-bond donors (Lipinski definition) is 0. The molecule has 2 aliphatic heterocycles. The molecule has 158 valence electrons. The van der Waals surface area contributed by atoms with E-state index in [-0.39, 0.29) is 29.8 Å². The molecule has 1 saturated carbocycles. The highest BCUT2D eigenvalue weighted by atomic mass is 35.5. The second kappa shape index (κ2) is 7.04. The predicted octanol–water partition coefficient (Wildman–Crippen LogP) is 4.49. The Hall–Kier alpha value is -2.44. The van der Waals surface area contributed by atoms with E-state index in [9.17, 15) is 9.59 Å². The maximum absolute atomic E-state index is 13.2. The summed E-state index contributed by atoms with van der Waals surface area (Å²) in [4.78, 5) is 35.2. The van der Waals surface area contributed by atoms with Gasteiger partial charge in [0.2, 0.25) is 5.91 Å². The average Bonchev–Trinajstić information content (AvgIpc) is 3.11. The molecule has 6 rings (SSSR count). The van der Waals surface area contributed by atoms with Crippen molar-refractivity contribution >= 4 is 44.8 Å². The van der Waals surface area contributed by atoms with Crippen LogP contribution in [0.15, 0.2) is 42.7 Å². The maximum Gasteiger partial charge on any atom is 0.264 e. The van der Waals surface area contributed by atoms with E-state index in [1.807, 2.05) is 21.9 Å². The lowest BCUT2D eigenvalue weighted by Crippen LogP contribution is -2.51. The summed E-state index contributed by atoms with van der Waals surface area (Å²) in [6.07, 6.45) is 5.18. The first-order chi connectivity index (χ1) is 15.0. The van der Waals surface area contributed by atoms with E-state index in [1.54, 1.807) is 12.4 Å². The Labute approximate surface area is 189 Å². The third-order valence-electron chi connectivity index (χ3n) is 7.09. The number of halogens is 1. The fourth-order valence-corrected chi connectivity index (χ4v) is 6.67. The van der Waals surface area contributed by atoms with Crippen LogP contribution >= 0.6 is 22.9 Å². The van der Waals surface area contributed by atoms with Crippen molar-refractivity contribution in [3.8, 4) is 0 Å². The fraction of sp³-hybridized carbons (Fsp3) is 0.375. The zero-order valence-corrected chi connectivity index (χ0v) is 18.7. The number of hydrogen-bond acceptors (Lipinski definition) is 4. The number of carbonyl (C=O) groups is 2. The van der Waals surface area contributed by atoms with Crippen LogP contribution in [0.3, 0.4) is 0 Å². The summed E-state index contributed by atoms with van der Waals surface area (Å²) < 4.78 is 0.924. The summed E-state index contributed by atoms with van der Waals surface area (Å²) in [6.45, 7) is 3.39. The Morgan fingerprint density at radius 1 is 1.10 bits per heavy atom. The molecule has 5 nitrogen and oxygen atoms in total. The number of aryl methyl sites for hydroxylation is 1. The summed E-state index contributed by atoms with van der Waals surface area (Å²) in [6, 6.07) is 10.5. The largest absolute Gasteiger partial charge is 0.336 e. The minimum Gasteiger partial charge on any atom is -0.336 e. The topological polar surface area (TPSA) is 53.5 Å². The molecular formula is C24H22ClN3O2S. The molecule has 4 atom stereocenters. The monoisotopic (exact) mass is 451 g/mol. The number of likely N-dealkylation sites (tertiary alicyclic amines) is 2. The zero-order chi connectivity index (χ0) is 21.3. The number of carbonyl (C=O) groups excluding carboxylic acids is 2. The van der Waals surface area contributed by atoms with Crippen molar-refractivity contribution < 1.29 is 9.59 Å². The standard InChI is InChI=1S/C24H22ClN3O2S/c1-13-4-2-3-5-16(13)17-7-18(17)23(29)27-11-15-6-14(27)12-28(15)24(30)21-8-19-20(25)9-26-10-22(19)31-21/h2-5,8-10,14-15,17-18H,6-7,11-12H2,1H3/t14-,15-,17-,18+/m0/s1. The van der Waals surface area contributed by atoms with Crippen molar-refractivity contribution in [2.75, 3.05) is 13.1 Å². The zero-order valence-electron chi connectivity index (χ0n) is 17.1. The van der Waals surface area contributed by atoms with E-state index in [0.717, 1.165) is 22.9 Å². The molecule has 3 aliphatic rings. The molecule has 3 aromatic rings. The van der Waals surface area contributed by atoms with Crippen LogP contribution in [0.1, 0.15) is 39.6 Å². The van der Waals surface area contributed by atoms with E-state index >= 15 is 0 Å². The normalized spacial score (nSPS) is 26.6. The van der Waals surface area contributed by atoms with Gasteiger partial charge in [-0.15, -0.1) is 11.3 Å². The van der Waals surface area contributed by atoms with Gasteiger partial charge in [-0.2, -0.15) is 0 Å². The van der Waals surface area contributed by atoms with Crippen LogP contribution in [0.2, 0.25) is 5.02 Å². The molecule has 0 radical (unpaired) electrons. The highest BCUT2D eigenvalue weighted by Gasteiger charge is 2.53. The van der Waals surface area contributed by atoms with E-state index in [1.165, 1.54) is 22.5 Å². The first kappa shape index (κ1) is 19.3. The number of piperazine rings is 1. The van der Waals surface area contributed by atoms with Gasteiger partial charge < -0.3 is 9.80 Å².